The van der Waals surface area contributed by atoms with Crippen LogP contribution < -0.4 is 30.3 Å². The fourth-order valence-corrected chi connectivity index (χ4v) is 4.66. The number of hydrogen-bond donors (Lipinski definition) is 3. The number of ether oxygens (including phenoxy) is 2. The molecule has 1 aliphatic heterocycles. The SMILES string of the molecule is COc1cc(N2CCc3nc(NC(=O)Nc4cccc(F)c4C(=O)NC(C)C)sc3C2)nc(OC)n1. The van der Waals surface area contributed by atoms with Crippen LogP contribution in [0.2, 0.25) is 0 Å². The van der Waals surface area contributed by atoms with Crippen LogP contribution in [-0.4, -0.2) is 53.7 Å². The molecular weight excluding hydrogens is 489 g/mol. The molecule has 1 aromatic carbocycles. The molecule has 0 radical (unpaired) electrons. The van der Waals surface area contributed by atoms with E-state index in [1.54, 1.807) is 19.9 Å². The Hall–Kier alpha value is -4.00. The van der Waals surface area contributed by atoms with Crippen molar-refractivity contribution in [3.05, 3.63) is 46.2 Å². The van der Waals surface area contributed by atoms with Crippen molar-refractivity contribution in [3.8, 4) is 11.9 Å². The second kappa shape index (κ2) is 10.7. The molecule has 2 aromatic heterocycles. The molecule has 36 heavy (non-hydrogen) atoms. The Balaban J connectivity index is 1.46. The normalized spacial score (nSPS) is 12.7. The van der Waals surface area contributed by atoms with E-state index in [1.165, 1.54) is 43.8 Å². The summed E-state index contributed by atoms with van der Waals surface area (Å²) in [7, 11) is 3.01. The lowest BCUT2D eigenvalue weighted by Gasteiger charge is -2.27. The Morgan fingerprint density at radius 1 is 1.14 bits per heavy atom. The first kappa shape index (κ1) is 25.1. The minimum atomic E-state index is -0.728. The molecule has 11 nitrogen and oxygen atoms in total. The van der Waals surface area contributed by atoms with Crippen molar-refractivity contribution >= 4 is 39.9 Å². The number of carbonyl (C=O) groups excluding carboxylic acids is 2. The number of anilines is 3. The molecule has 0 bridgehead atoms. The van der Waals surface area contributed by atoms with Crippen molar-refractivity contribution in [2.24, 2.45) is 0 Å². The summed E-state index contributed by atoms with van der Waals surface area (Å²) in [6.45, 7) is 4.72. The largest absolute Gasteiger partial charge is 0.481 e. The maximum atomic E-state index is 14.4. The molecule has 1 aliphatic rings. The Kier molecular flexibility index (Phi) is 7.48. The zero-order valence-electron chi connectivity index (χ0n) is 20.2. The lowest BCUT2D eigenvalue weighted by molar-refractivity contribution is 0.0940. The molecule has 3 aromatic rings. The van der Waals surface area contributed by atoms with Crippen LogP contribution in [-0.2, 0) is 13.0 Å². The van der Waals surface area contributed by atoms with Crippen LogP contribution in [0.15, 0.2) is 24.3 Å². The summed E-state index contributed by atoms with van der Waals surface area (Å²) in [6, 6.07) is 5.17. The summed E-state index contributed by atoms with van der Waals surface area (Å²) < 4.78 is 24.8. The summed E-state index contributed by atoms with van der Waals surface area (Å²) >= 11 is 1.33. The second-order valence-electron chi connectivity index (χ2n) is 8.19. The number of fused-ring (bicyclic) bond motifs is 1. The first-order valence-corrected chi connectivity index (χ1v) is 12.0. The van der Waals surface area contributed by atoms with Gasteiger partial charge in [0.05, 0.1) is 37.7 Å². The van der Waals surface area contributed by atoms with Crippen LogP contribution in [0.25, 0.3) is 0 Å². The van der Waals surface area contributed by atoms with Gasteiger partial charge in [-0.15, -0.1) is 0 Å². The number of amides is 3. The first-order chi connectivity index (χ1) is 17.3. The maximum absolute atomic E-state index is 14.4. The smallest absolute Gasteiger partial charge is 0.325 e. The van der Waals surface area contributed by atoms with Crippen molar-refractivity contribution in [2.75, 3.05) is 36.3 Å². The van der Waals surface area contributed by atoms with E-state index in [2.05, 4.69) is 30.9 Å². The van der Waals surface area contributed by atoms with E-state index in [0.717, 1.165) is 10.6 Å². The number of aromatic nitrogens is 3. The maximum Gasteiger partial charge on any atom is 0.325 e. The number of rotatable bonds is 7. The molecule has 190 valence electrons. The van der Waals surface area contributed by atoms with Crippen molar-refractivity contribution in [1.29, 1.82) is 0 Å². The number of methoxy groups -OCH3 is 2. The number of carbonyl (C=O) groups is 2. The quantitative estimate of drug-likeness (QED) is 0.436. The fraction of sp³-hybridized carbons (Fsp3) is 0.348. The minimum Gasteiger partial charge on any atom is -0.481 e. The van der Waals surface area contributed by atoms with Gasteiger partial charge < -0.3 is 25.0 Å². The second-order valence-corrected chi connectivity index (χ2v) is 9.27. The zero-order valence-corrected chi connectivity index (χ0v) is 21.0. The fourth-order valence-electron chi connectivity index (χ4n) is 3.64. The van der Waals surface area contributed by atoms with E-state index >= 15 is 0 Å². The Morgan fingerprint density at radius 3 is 2.67 bits per heavy atom. The molecule has 13 heteroatoms. The number of thiazole rings is 1. The third-order valence-corrected chi connectivity index (χ3v) is 6.24. The summed E-state index contributed by atoms with van der Waals surface area (Å²) in [5.74, 6) is -0.289. The third-order valence-electron chi connectivity index (χ3n) is 5.24. The van der Waals surface area contributed by atoms with Crippen molar-refractivity contribution in [1.82, 2.24) is 20.3 Å². The highest BCUT2D eigenvalue weighted by Crippen LogP contribution is 2.32. The third kappa shape index (κ3) is 5.62. The van der Waals surface area contributed by atoms with Gasteiger partial charge in [0, 0.05) is 30.0 Å². The van der Waals surface area contributed by atoms with Crippen LogP contribution in [0.1, 0.15) is 34.8 Å². The highest BCUT2D eigenvalue weighted by molar-refractivity contribution is 7.15. The summed E-state index contributed by atoms with van der Waals surface area (Å²) in [5, 5.41) is 8.27. The van der Waals surface area contributed by atoms with Gasteiger partial charge in [0.1, 0.15) is 11.6 Å². The Bertz CT molecular complexity index is 1260. The van der Waals surface area contributed by atoms with Gasteiger partial charge in [-0.05, 0) is 26.0 Å². The monoisotopic (exact) mass is 515 g/mol. The van der Waals surface area contributed by atoms with E-state index < -0.39 is 17.8 Å². The van der Waals surface area contributed by atoms with E-state index in [0.29, 0.717) is 36.3 Å². The van der Waals surface area contributed by atoms with Crippen LogP contribution >= 0.6 is 11.3 Å². The predicted molar refractivity (Wildman–Crippen MR) is 134 cm³/mol. The van der Waals surface area contributed by atoms with E-state index in [1.807, 2.05) is 4.90 Å². The number of urea groups is 1. The van der Waals surface area contributed by atoms with Gasteiger partial charge in [-0.25, -0.2) is 14.2 Å². The molecule has 0 unspecified atom stereocenters. The number of nitrogens with zero attached hydrogens (tertiary/aromatic N) is 4. The molecular formula is C23H26FN7O4S. The molecule has 3 heterocycles. The average Bonchev–Trinajstić information content (AvgIpc) is 3.24. The van der Waals surface area contributed by atoms with Gasteiger partial charge in [0.25, 0.3) is 5.91 Å². The van der Waals surface area contributed by atoms with Crippen LogP contribution in [0.3, 0.4) is 0 Å². The summed E-state index contributed by atoms with van der Waals surface area (Å²) in [5.41, 5.74) is 0.707. The van der Waals surface area contributed by atoms with E-state index in [9.17, 15) is 14.0 Å². The predicted octanol–water partition coefficient (Wildman–Crippen LogP) is 3.43. The lowest BCUT2D eigenvalue weighted by Crippen LogP contribution is -2.32. The average molecular weight is 516 g/mol. The van der Waals surface area contributed by atoms with Gasteiger partial charge in [0.2, 0.25) is 5.88 Å². The molecule has 0 aliphatic carbocycles. The number of hydrogen-bond acceptors (Lipinski definition) is 9. The van der Waals surface area contributed by atoms with Gasteiger partial charge >= 0.3 is 12.0 Å². The summed E-state index contributed by atoms with van der Waals surface area (Å²) in [4.78, 5) is 41.2. The van der Waals surface area contributed by atoms with Crippen LogP contribution in [0.4, 0.5) is 25.8 Å². The highest BCUT2D eigenvalue weighted by atomic mass is 32.1. The number of halogens is 1. The van der Waals surface area contributed by atoms with Crippen molar-refractivity contribution in [3.63, 3.8) is 0 Å². The van der Waals surface area contributed by atoms with Gasteiger partial charge in [-0.1, -0.05) is 17.4 Å². The summed E-state index contributed by atoms with van der Waals surface area (Å²) in [6.07, 6.45) is 0.646. The van der Waals surface area contributed by atoms with Crippen molar-refractivity contribution < 1.29 is 23.5 Å². The standard InChI is InChI=1S/C23H26FN7O4S/c1-12(2)25-20(32)19-13(24)6-5-7-15(19)26-21(33)30-23-27-14-8-9-31(11-16(14)36-23)17-10-18(34-3)29-22(28-17)35-4/h5-7,10,12H,8-9,11H2,1-4H3,(H,25,32)(H2,26,27,30,33). The molecule has 4 rings (SSSR count). The molecule has 0 atom stereocenters. The minimum absolute atomic E-state index is 0.0600. The number of benzene rings is 1. The van der Waals surface area contributed by atoms with Gasteiger partial charge in [-0.2, -0.15) is 9.97 Å². The van der Waals surface area contributed by atoms with Crippen LogP contribution in [0, 0.1) is 5.82 Å². The molecule has 0 saturated carbocycles. The molecule has 0 saturated heterocycles. The Morgan fingerprint density at radius 2 is 1.94 bits per heavy atom. The molecule has 3 amide bonds. The first-order valence-electron chi connectivity index (χ1n) is 11.1. The van der Waals surface area contributed by atoms with Crippen molar-refractivity contribution in [2.45, 2.75) is 32.9 Å². The number of nitrogens with one attached hydrogen (secondary N) is 3. The molecule has 0 fully saturated rings. The van der Waals surface area contributed by atoms with Gasteiger partial charge in [0.15, 0.2) is 5.13 Å². The zero-order chi connectivity index (χ0) is 25.8. The highest BCUT2D eigenvalue weighted by Gasteiger charge is 2.24. The van der Waals surface area contributed by atoms with E-state index in [-0.39, 0.29) is 23.3 Å². The topological polar surface area (TPSA) is 131 Å². The van der Waals surface area contributed by atoms with Crippen LogP contribution in [0.5, 0.6) is 11.9 Å². The molecule has 0 spiro atoms. The van der Waals surface area contributed by atoms with Gasteiger partial charge in [-0.3, -0.25) is 10.1 Å². The molecule has 3 N–H and O–H groups in total. The van der Waals surface area contributed by atoms with E-state index in [4.69, 9.17) is 9.47 Å². The Labute approximate surface area is 211 Å². The lowest BCUT2D eigenvalue weighted by atomic mass is 10.1.